The molecular formula is C10H22O4Si. The number of rotatable bonds is 8. The van der Waals surface area contributed by atoms with Crippen LogP contribution in [0.4, 0.5) is 0 Å². The molecular weight excluding hydrogens is 212 g/mol. The van der Waals surface area contributed by atoms with E-state index < -0.39 is 14.9 Å². The molecule has 0 amide bonds. The monoisotopic (exact) mass is 234 g/mol. The normalized spacial score (nSPS) is 13.9. The standard InChI is InChI=1S/C10H22O4Si/c1-6-12-15(8-3,13-7-2)14-10(5)9(4)11/h10H,6-8H2,1-5H3. The van der Waals surface area contributed by atoms with Gasteiger partial charge >= 0.3 is 8.80 Å². The van der Waals surface area contributed by atoms with E-state index >= 15 is 0 Å². The maximum atomic E-state index is 11.1. The minimum Gasteiger partial charge on any atom is -0.374 e. The largest absolute Gasteiger partial charge is 0.501 e. The van der Waals surface area contributed by atoms with E-state index in [0.29, 0.717) is 19.3 Å². The average Bonchev–Trinajstić information content (AvgIpc) is 2.18. The van der Waals surface area contributed by atoms with Gasteiger partial charge in [-0.05, 0) is 27.7 Å². The topological polar surface area (TPSA) is 44.8 Å². The summed E-state index contributed by atoms with van der Waals surface area (Å²) in [6, 6.07) is 0.687. The molecule has 0 aliphatic carbocycles. The first kappa shape index (κ1) is 14.8. The van der Waals surface area contributed by atoms with Crippen molar-refractivity contribution in [3.63, 3.8) is 0 Å². The van der Waals surface area contributed by atoms with Crippen LogP contribution in [0.3, 0.4) is 0 Å². The molecule has 0 saturated carbocycles. The van der Waals surface area contributed by atoms with Crippen LogP contribution in [0.25, 0.3) is 0 Å². The maximum Gasteiger partial charge on any atom is 0.501 e. The minimum absolute atomic E-state index is 0.000249. The first-order chi connectivity index (χ1) is 7.01. The number of carbonyl (C=O) groups is 1. The summed E-state index contributed by atoms with van der Waals surface area (Å²) >= 11 is 0. The third-order valence-corrected chi connectivity index (χ3v) is 5.13. The molecule has 0 rings (SSSR count). The van der Waals surface area contributed by atoms with Crippen LogP contribution >= 0.6 is 0 Å². The van der Waals surface area contributed by atoms with E-state index in [-0.39, 0.29) is 5.78 Å². The number of ketones is 1. The smallest absolute Gasteiger partial charge is 0.374 e. The molecule has 5 heteroatoms. The van der Waals surface area contributed by atoms with Crippen LogP contribution in [-0.2, 0) is 18.1 Å². The summed E-state index contributed by atoms with van der Waals surface area (Å²) in [5, 5.41) is 0. The Morgan fingerprint density at radius 1 is 1.20 bits per heavy atom. The molecule has 0 aromatic rings. The van der Waals surface area contributed by atoms with Crippen molar-refractivity contribution in [3.8, 4) is 0 Å². The van der Waals surface area contributed by atoms with Gasteiger partial charge in [-0.1, -0.05) is 6.92 Å². The van der Waals surface area contributed by atoms with Crippen LogP contribution in [0.1, 0.15) is 34.6 Å². The van der Waals surface area contributed by atoms with Crippen LogP contribution in [-0.4, -0.2) is 33.9 Å². The quantitative estimate of drug-likeness (QED) is 0.603. The summed E-state index contributed by atoms with van der Waals surface area (Å²) in [7, 11) is -2.62. The van der Waals surface area contributed by atoms with Crippen LogP contribution < -0.4 is 0 Å². The Hall–Kier alpha value is -0.233. The zero-order chi connectivity index (χ0) is 11.9. The molecule has 0 heterocycles. The van der Waals surface area contributed by atoms with E-state index in [1.54, 1.807) is 6.92 Å². The Morgan fingerprint density at radius 2 is 1.67 bits per heavy atom. The van der Waals surface area contributed by atoms with Gasteiger partial charge in [0.15, 0.2) is 5.78 Å². The van der Waals surface area contributed by atoms with Gasteiger partial charge < -0.3 is 13.3 Å². The van der Waals surface area contributed by atoms with Crippen molar-refractivity contribution in [2.24, 2.45) is 0 Å². The zero-order valence-corrected chi connectivity index (χ0v) is 11.3. The van der Waals surface area contributed by atoms with E-state index in [4.69, 9.17) is 13.3 Å². The lowest BCUT2D eigenvalue weighted by atomic mass is 10.3. The van der Waals surface area contributed by atoms with Gasteiger partial charge in [-0.3, -0.25) is 4.79 Å². The summed E-state index contributed by atoms with van der Waals surface area (Å²) < 4.78 is 16.8. The van der Waals surface area contributed by atoms with Gasteiger partial charge in [0.05, 0.1) is 0 Å². The first-order valence-corrected chi connectivity index (χ1v) is 7.40. The molecule has 0 aromatic carbocycles. The molecule has 90 valence electrons. The number of hydrogen-bond donors (Lipinski definition) is 0. The maximum absolute atomic E-state index is 11.1. The molecule has 0 spiro atoms. The lowest BCUT2D eigenvalue weighted by molar-refractivity contribution is -0.125. The molecule has 0 fully saturated rings. The van der Waals surface area contributed by atoms with E-state index in [9.17, 15) is 4.79 Å². The minimum atomic E-state index is -2.62. The third kappa shape index (κ3) is 4.88. The summed E-state index contributed by atoms with van der Waals surface area (Å²) in [5.74, 6) is -0.000249. The molecule has 1 atom stereocenters. The van der Waals surface area contributed by atoms with Crippen molar-refractivity contribution in [3.05, 3.63) is 0 Å². The van der Waals surface area contributed by atoms with Crippen LogP contribution in [0.2, 0.25) is 6.04 Å². The fraction of sp³-hybridized carbons (Fsp3) is 0.900. The van der Waals surface area contributed by atoms with Crippen molar-refractivity contribution >= 4 is 14.6 Å². The fourth-order valence-corrected chi connectivity index (χ4v) is 3.57. The van der Waals surface area contributed by atoms with Gasteiger partial charge in [-0.15, -0.1) is 0 Å². The van der Waals surface area contributed by atoms with E-state index in [2.05, 4.69) is 0 Å². The molecule has 0 N–H and O–H groups in total. The Morgan fingerprint density at radius 3 is 1.93 bits per heavy atom. The highest BCUT2D eigenvalue weighted by molar-refractivity contribution is 6.60. The van der Waals surface area contributed by atoms with Crippen molar-refractivity contribution in [1.82, 2.24) is 0 Å². The second-order valence-electron chi connectivity index (χ2n) is 3.27. The van der Waals surface area contributed by atoms with Gasteiger partial charge in [0, 0.05) is 19.3 Å². The fourth-order valence-electron chi connectivity index (χ4n) is 1.19. The average molecular weight is 234 g/mol. The highest BCUT2D eigenvalue weighted by Gasteiger charge is 2.40. The zero-order valence-electron chi connectivity index (χ0n) is 10.3. The molecule has 0 radical (unpaired) electrons. The highest BCUT2D eigenvalue weighted by Crippen LogP contribution is 2.17. The third-order valence-electron chi connectivity index (χ3n) is 2.09. The summed E-state index contributed by atoms with van der Waals surface area (Å²) in [5.41, 5.74) is 0. The van der Waals surface area contributed by atoms with E-state index in [1.165, 1.54) is 6.92 Å². The molecule has 1 unspecified atom stereocenters. The number of Topliss-reactive ketones (excluding diaryl/α,β-unsaturated/α-hetero) is 1. The van der Waals surface area contributed by atoms with Crippen LogP contribution in [0, 0.1) is 0 Å². The van der Waals surface area contributed by atoms with Gasteiger partial charge in [0.2, 0.25) is 0 Å². The Kier molecular flexibility index (Phi) is 7.00. The highest BCUT2D eigenvalue weighted by atomic mass is 28.4. The predicted octanol–water partition coefficient (Wildman–Crippen LogP) is 2.01. The number of hydrogen-bond acceptors (Lipinski definition) is 4. The van der Waals surface area contributed by atoms with Crippen molar-refractivity contribution in [2.45, 2.75) is 46.8 Å². The molecule has 0 aliphatic heterocycles. The van der Waals surface area contributed by atoms with Crippen molar-refractivity contribution in [2.75, 3.05) is 13.2 Å². The predicted molar refractivity (Wildman–Crippen MR) is 60.7 cm³/mol. The van der Waals surface area contributed by atoms with Gasteiger partial charge in [0.25, 0.3) is 0 Å². The second-order valence-corrected chi connectivity index (χ2v) is 6.16. The molecule has 4 nitrogen and oxygen atoms in total. The second kappa shape index (κ2) is 7.11. The van der Waals surface area contributed by atoms with E-state index in [1.807, 2.05) is 20.8 Å². The molecule has 0 aromatic heterocycles. The Labute approximate surface area is 93.3 Å². The van der Waals surface area contributed by atoms with Gasteiger partial charge in [-0.2, -0.15) is 0 Å². The lowest BCUT2D eigenvalue weighted by Crippen LogP contribution is -2.48. The van der Waals surface area contributed by atoms with Crippen LogP contribution in [0.15, 0.2) is 0 Å². The van der Waals surface area contributed by atoms with E-state index in [0.717, 1.165) is 0 Å². The number of carbonyl (C=O) groups excluding carboxylic acids is 1. The Balaban J connectivity index is 4.51. The first-order valence-electron chi connectivity index (χ1n) is 5.47. The van der Waals surface area contributed by atoms with Gasteiger partial charge in [-0.25, -0.2) is 0 Å². The Bertz CT molecular complexity index is 190. The molecule has 0 aliphatic rings. The van der Waals surface area contributed by atoms with Crippen LogP contribution in [0.5, 0.6) is 0 Å². The molecule has 15 heavy (non-hydrogen) atoms. The van der Waals surface area contributed by atoms with Crippen molar-refractivity contribution in [1.29, 1.82) is 0 Å². The molecule has 0 saturated heterocycles. The summed E-state index contributed by atoms with van der Waals surface area (Å²) in [6.07, 6.45) is -0.449. The SMILES string of the molecule is CCO[Si](CC)(OCC)OC(C)C(C)=O. The van der Waals surface area contributed by atoms with Gasteiger partial charge in [0.1, 0.15) is 6.10 Å². The van der Waals surface area contributed by atoms with Crippen molar-refractivity contribution < 1.29 is 18.1 Å². The summed E-state index contributed by atoms with van der Waals surface area (Å²) in [4.78, 5) is 11.1. The molecule has 0 bridgehead atoms. The summed E-state index contributed by atoms with van der Waals surface area (Å²) in [6.45, 7) is 10.1. The lowest BCUT2D eigenvalue weighted by Gasteiger charge is -2.29.